The number of halogens is 1. The van der Waals surface area contributed by atoms with Crippen molar-refractivity contribution in [1.82, 2.24) is 9.97 Å². The molecule has 0 fully saturated rings. The summed E-state index contributed by atoms with van der Waals surface area (Å²) in [5.74, 6) is -0.610. The van der Waals surface area contributed by atoms with Crippen molar-refractivity contribution in [2.24, 2.45) is 0 Å². The lowest BCUT2D eigenvalue weighted by Gasteiger charge is -2.07. The first-order valence-corrected chi connectivity index (χ1v) is 6.00. The number of carboxylic acid groups (broad SMARTS) is 1. The Kier molecular flexibility index (Phi) is 3.97. The monoisotopic (exact) mass is 278 g/mol. The van der Waals surface area contributed by atoms with Crippen molar-refractivity contribution < 1.29 is 14.6 Å². The predicted octanol–water partition coefficient (Wildman–Crippen LogP) is 3.18. The van der Waals surface area contributed by atoms with Crippen LogP contribution in [-0.4, -0.2) is 21.0 Å². The van der Waals surface area contributed by atoms with Crippen LogP contribution in [0.2, 0.25) is 5.02 Å². The molecule has 1 heterocycles. The quantitative estimate of drug-likeness (QED) is 0.930. The first kappa shape index (κ1) is 13.3. The molecule has 6 heteroatoms. The normalized spacial score (nSPS) is 10.2. The lowest BCUT2D eigenvalue weighted by Crippen LogP contribution is -2.02. The number of aryl methyl sites for hydroxylation is 1. The molecule has 0 aliphatic rings. The van der Waals surface area contributed by atoms with Crippen molar-refractivity contribution in [2.75, 3.05) is 0 Å². The number of nitrogens with zero attached hydrogens (tertiary/aromatic N) is 2. The number of aromatic carboxylic acids is 1. The molecule has 98 valence electrons. The smallest absolute Gasteiger partial charge is 0.354 e. The molecule has 0 saturated carbocycles. The van der Waals surface area contributed by atoms with E-state index in [1.165, 1.54) is 12.3 Å². The zero-order valence-electron chi connectivity index (χ0n) is 10.1. The number of carbonyl (C=O) groups is 1. The SMILES string of the molecule is CCc1cc(Oc2nccc(C(=O)O)n2)ccc1Cl. The molecular weight excluding hydrogens is 268 g/mol. The van der Waals surface area contributed by atoms with Gasteiger partial charge in [0.2, 0.25) is 0 Å². The maximum Gasteiger partial charge on any atom is 0.354 e. The van der Waals surface area contributed by atoms with Gasteiger partial charge in [0, 0.05) is 11.2 Å². The summed E-state index contributed by atoms with van der Waals surface area (Å²) < 4.78 is 5.42. The average Bonchev–Trinajstić information content (AvgIpc) is 2.41. The Hall–Kier alpha value is -2.14. The Morgan fingerprint density at radius 1 is 1.42 bits per heavy atom. The summed E-state index contributed by atoms with van der Waals surface area (Å²) in [6.07, 6.45) is 2.11. The molecule has 19 heavy (non-hydrogen) atoms. The number of ether oxygens (including phenoxy) is 1. The Morgan fingerprint density at radius 2 is 2.21 bits per heavy atom. The van der Waals surface area contributed by atoms with E-state index < -0.39 is 5.97 Å². The third kappa shape index (κ3) is 3.20. The molecule has 1 N–H and O–H groups in total. The van der Waals surface area contributed by atoms with Gasteiger partial charge in [0.25, 0.3) is 0 Å². The molecule has 1 aromatic heterocycles. The summed E-state index contributed by atoms with van der Waals surface area (Å²) in [4.78, 5) is 18.4. The van der Waals surface area contributed by atoms with Crippen molar-refractivity contribution in [3.8, 4) is 11.8 Å². The van der Waals surface area contributed by atoms with E-state index in [4.69, 9.17) is 21.4 Å². The number of hydrogen-bond acceptors (Lipinski definition) is 4. The van der Waals surface area contributed by atoms with Crippen LogP contribution in [0, 0.1) is 0 Å². The van der Waals surface area contributed by atoms with E-state index in [9.17, 15) is 4.79 Å². The van der Waals surface area contributed by atoms with Gasteiger partial charge in [-0.3, -0.25) is 0 Å². The summed E-state index contributed by atoms with van der Waals surface area (Å²) in [5.41, 5.74) is 0.822. The standard InChI is InChI=1S/C13H11ClN2O3/c1-2-8-7-9(3-4-10(8)14)19-13-15-6-5-11(16-13)12(17)18/h3-7H,2H2,1H3,(H,17,18). The van der Waals surface area contributed by atoms with E-state index in [1.54, 1.807) is 18.2 Å². The third-order valence-corrected chi connectivity index (χ3v) is 2.83. The van der Waals surface area contributed by atoms with Crippen LogP contribution in [0.3, 0.4) is 0 Å². The summed E-state index contributed by atoms with van der Waals surface area (Å²) >= 11 is 6.00. The Bertz CT molecular complexity index is 617. The minimum atomic E-state index is -1.13. The molecule has 0 bridgehead atoms. The third-order valence-electron chi connectivity index (χ3n) is 2.46. The minimum absolute atomic E-state index is 0.00993. The van der Waals surface area contributed by atoms with Gasteiger partial charge in [-0.1, -0.05) is 18.5 Å². The van der Waals surface area contributed by atoms with E-state index in [1.807, 2.05) is 6.92 Å². The second-order valence-electron chi connectivity index (χ2n) is 3.74. The Labute approximate surface area is 114 Å². The van der Waals surface area contributed by atoms with Crippen molar-refractivity contribution in [1.29, 1.82) is 0 Å². The summed E-state index contributed by atoms with van der Waals surface area (Å²) in [7, 11) is 0. The van der Waals surface area contributed by atoms with Crippen LogP contribution in [0.25, 0.3) is 0 Å². The highest BCUT2D eigenvalue weighted by Crippen LogP contribution is 2.25. The van der Waals surface area contributed by atoms with Crippen LogP contribution in [-0.2, 0) is 6.42 Å². The minimum Gasteiger partial charge on any atom is -0.477 e. The van der Waals surface area contributed by atoms with Crippen LogP contribution in [0.1, 0.15) is 23.0 Å². The number of hydrogen-bond donors (Lipinski definition) is 1. The molecule has 0 atom stereocenters. The van der Waals surface area contributed by atoms with Crippen LogP contribution in [0.5, 0.6) is 11.8 Å². The zero-order chi connectivity index (χ0) is 13.8. The van der Waals surface area contributed by atoms with E-state index in [0.717, 1.165) is 12.0 Å². The van der Waals surface area contributed by atoms with Crippen LogP contribution >= 0.6 is 11.6 Å². The molecule has 0 aliphatic heterocycles. The molecule has 0 radical (unpaired) electrons. The van der Waals surface area contributed by atoms with Crippen LogP contribution < -0.4 is 4.74 Å². The van der Waals surface area contributed by atoms with E-state index >= 15 is 0 Å². The fraction of sp³-hybridized carbons (Fsp3) is 0.154. The first-order valence-electron chi connectivity index (χ1n) is 5.62. The lowest BCUT2D eigenvalue weighted by atomic mass is 10.1. The fourth-order valence-electron chi connectivity index (χ4n) is 1.50. The second-order valence-corrected chi connectivity index (χ2v) is 4.15. The summed E-state index contributed by atoms with van der Waals surface area (Å²) in [6.45, 7) is 1.98. The molecule has 0 aliphatic carbocycles. The van der Waals surface area contributed by atoms with Gasteiger partial charge in [0.05, 0.1) is 0 Å². The molecule has 0 amide bonds. The van der Waals surface area contributed by atoms with Crippen molar-refractivity contribution in [2.45, 2.75) is 13.3 Å². The predicted molar refractivity (Wildman–Crippen MR) is 69.9 cm³/mol. The van der Waals surface area contributed by atoms with Gasteiger partial charge in [-0.15, -0.1) is 0 Å². The number of rotatable bonds is 4. The highest BCUT2D eigenvalue weighted by atomic mass is 35.5. The number of carboxylic acids is 1. The first-order chi connectivity index (χ1) is 9.10. The lowest BCUT2D eigenvalue weighted by molar-refractivity contribution is 0.0689. The fourth-order valence-corrected chi connectivity index (χ4v) is 1.75. The number of aromatic nitrogens is 2. The van der Waals surface area contributed by atoms with Crippen molar-refractivity contribution in [3.05, 3.63) is 46.7 Å². The molecule has 0 unspecified atom stereocenters. The second kappa shape index (κ2) is 5.67. The molecule has 5 nitrogen and oxygen atoms in total. The zero-order valence-corrected chi connectivity index (χ0v) is 10.9. The van der Waals surface area contributed by atoms with E-state index in [0.29, 0.717) is 10.8 Å². The highest BCUT2D eigenvalue weighted by Gasteiger charge is 2.08. The molecule has 0 saturated heterocycles. The highest BCUT2D eigenvalue weighted by molar-refractivity contribution is 6.31. The molecule has 1 aromatic carbocycles. The van der Waals surface area contributed by atoms with Gasteiger partial charge in [-0.05, 0) is 36.2 Å². The summed E-state index contributed by atoms with van der Waals surface area (Å²) in [6, 6.07) is 6.46. The largest absolute Gasteiger partial charge is 0.477 e. The van der Waals surface area contributed by atoms with Crippen molar-refractivity contribution >= 4 is 17.6 Å². The molecule has 2 rings (SSSR count). The van der Waals surface area contributed by atoms with Crippen molar-refractivity contribution in [3.63, 3.8) is 0 Å². The van der Waals surface area contributed by atoms with Gasteiger partial charge in [0.15, 0.2) is 5.69 Å². The van der Waals surface area contributed by atoms with E-state index in [-0.39, 0.29) is 11.7 Å². The van der Waals surface area contributed by atoms with Gasteiger partial charge in [0.1, 0.15) is 5.75 Å². The van der Waals surface area contributed by atoms with Gasteiger partial charge in [-0.25, -0.2) is 9.78 Å². The van der Waals surface area contributed by atoms with Gasteiger partial charge >= 0.3 is 12.0 Å². The average molecular weight is 279 g/mol. The van der Waals surface area contributed by atoms with Gasteiger partial charge < -0.3 is 9.84 Å². The van der Waals surface area contributed by atoms with Crippen LogP contribution in [0.15, 0.2) is 30.5 Å². The Balaban J connectivity index is 2.26. The maximum atomic E-state index is 10.8. The van der Waals surface area contributed by atoms with E-state index in [2.05, 4.69) is 9.97 Å². The van der Waals surface area contributed by atoms with Gasteiger partial charge in [-0.2, -0.15) is 4.98 Å². The topological polar surface area (TPSA) is 72.3 Å². The molecule has 0 spiro atoms. The molecular formula is C13H11ClN2O3. The number of benzene rings is 1. The summed E-state index contributed by atoms with van der Waals surface area (Å²) in [5, 5.41) is 9.49. The Morgan fingerprint density at radius 3 is 2.89 bits per heavy atom. The molecule has 2 aromatic rings. The maximum absolute atomic E-state index is 10.8. The van der Waals surface area contributed by atoms with Crippen LogP contribution in [0.4, 0.5) is 0 Å².